The highest BCUT2D eigenvalue weighted by Gasteiger charge is 2.29. The van der Waals surface area contributed by atoms with Gasteiger partial charge in [-0.25, -0.2) is 14.6 Å². The maximum atomic E-state index is 5.27. The lowest BCUT2D eigenvalue weighted by molar-refractivity contribution is 0.694. The molecule has 0 spiro atoms. The molecule has 170 valence electrons. The van der Waals surface area contributed by atoms with E-state index in [4.69, 9.17) is 5.10 Å². The minimum absolute atomic E-state index is 0.741. The normalized spacial score (nSPS) is 13.4. The van der Waals surface area contributed by atoms with Crippen LogP contribution in [0.5, 0.6) is 0 Å². The fourth-order valence-electron chi connectivity index (χ4n) is 5.22. The smallest absolute Gasteiger partial charge is 0.225 e. The summed E-state index contributed by atoms with van der Waals surface area (Å²) in [5.74, 6) is 0.773. The number of aromatic nitrogens is 5. The molecule has 0 bridgehead atoms. The molecule has 1 aliphatic rings. The topological polar surface area (TPSA) is 62.6 Å². The zero-order valence-corrected chi connectivity index (χ0v) is 19.6. The molecule has 0 saturated carbocycles. The van der Waals surface area contributed by atoms with Gasteiger partial charge in [0.05, 0.1) is 17.1 Å². The highest BCUT2D eigenvalue weighted by Crippen LogP contribution is 2.38. The third-order valence-electron chi connectivity index (χ3n) is 6.90. The SMILES string of the molecule is CCc1cccc(CC)c1-n1nc2c(c1-c1cccc3[nH]ccc13)CN(c1ncccn1)CC2. The molecule has 6 heteroatoms. The van der Waals surface area contributed by atoms with Crippen LogP contribution in [0.3, 0.4) is 0 Å². The molecule has 0 aliphatic carbocycles. The van der Waals surface area contributed by atoms with Crippen LogP contribution in [-0.4, -0.2) is 31.3 Å². The van der Waals surface area contributed by atoms with Crippen LogP contribution in [0.25, 0.3) is 27.8 Å². The number of aryl methyl sites for hydroxylation is 2. The van der Waals surface area contributed by atoms with Gasteiger partial charge < -0.3 is 9.88 Å². The maximum absolute atomic E-state index is 5.27. The predicted molar refractivity (Wildman–Crippen MR) is 136 cm³/mol. The number of benzene rings is 2. The number of anilines is 1. The zero-order chi connectivity index (χ0) is 23.1. The largest absolute Gasteiger partial charge is 0.361 e. The summed E-state index contributed by atoms with van der Waals surface area (Å²) in [6, 6.07) is 17.2. The van der Waals surface area contributed by atoms with Crippen LogP contribution in [-0.2, 0) is 25.8 Å². The van der Waals surface area contributed by atoms with Crippen LogP contribution in [0.2, 0.25) is 0 Å². The Morgan fingerprint density at radius 1 is 0.912 bits per heavy atom. The second-order valence-corrected chi connectivity index (χ2v) is 8.78. The van der Waals surface area contributed by atoms with Gasteiger partial charge in [0, 0.05) is 60.1 Å². The first-order valence-electron chi connectivity index (χ1n) is 12.1. The van der Waals surface area contributed by atoms with E-state index in [1.165, 1.54) is 44.7 Å². The molecule has 0 radical (unpaired) electrons. The van der Waals surface area contributed by atoms with Gasteiger partial charge in [-0.15, -0.1) is 0 Å². The van der Waals surface area contributed by atoms with E-state index in [-0.39, 0.29) is 0 Å². The van der Waals surface area contributed by atoms with Gasteiger partial charge in [-0.1, -0.05) is 44.2 Å². The van der Waals surface area contributed by atoms with Crippen molar-refractivity contribution in [2.45, 2.75) is 39.7 Å². The van der Waals surface area contributed by atoms with E-state index in [9.17, 15) is 0 Å². The van der Waals surface area contributed by atoms with E-state index in [1.54, 1.807) is 0 Å². The molecular weight excluding hydrogens is 420 g/mol. The first kappa shape index (κ1) is 20.7. The minimum Gasteiger partial charge on any atom is -0.361 e. The van der Waals surface area contributed by atoms with Crippen molar-refractivity contribution in [2.24, 2.45) is 0 Å². The molecule has 0 saturated heterocycles. The van der Waals surface area contributed by atoms with E-state index in [0.717, 1.165) is 43.8 Å². The zero-order valence-electron chi connectivity index (χ0n) is 19.6. The molecule has 0 fully saturated rings. The van der Waals surface area contributed by atoms with Crippen LogP contribution in [0, 0.1) is 0 Å². The third kappa shape index (κ3) is 3.29. The summed E-state index contributed by atoms with van der Waals surface area (Å²) in [5, 5.41) is 6.49. The van der Waals surface area contributed by atoms with Crippen LogP contribution < -0.4 is 4.90 Å². The standard InChI is InChI=1S/C28H28N6/c1-3-19-8-5-9-20(4-2)26(19)34-27(22-10-6-11-24-21(22)12-16-29-24)23-18-33(17-13-25(23)32-34)28-30-14-7-15-31-28/h5-12,14-16,29H,3-4,13,17-18H2,1-2H3. The number of aromatic amines is 1. The Morgan fingerprint density at radius 3 is 2.44 bits per heavy atom. The molecule has 0 amide bonds. The van der Waals surface area contributed by atoms with Gasteiger partial charge in [0.1, 0.15) is 0 Å². The molecular formula is C28H28N6. The quantitative estimate of drug-likeness (QED) is 0.386. The number of para-hydroxylation sites is 1. The van der Waals surface area contributed by atoms with Crippen LogP contribution in [0.4, 0.5) is 5.95 Å². The first-order valence-corrected chi connectivity index (χ1v) is 12.1. The molecule has 5 aromatic rings. The summed E-state index contributed by atoms with van der Waals surface area (Å²) in [5.41, 5.74) is 9.83. The van der Waals surface area contributed by atoms with Crippen LogP contribution in [0.15, 0.2) is 67.1 Å². The van der Waals surface area contributed by atoms with Gasteiger partial charge in [-0.05, 0) is 42.2 Å². The van der Waals surface area contributed by atoms with E-state index >= 15 is 0 Å². The molecule has 3 aromatic heterocycles. The predicted octanol–water partition coefficient (Wildman–Crippen LogP) is 5.50. The second kappa shape index (κ2) is 8.45. The average molecular weight is 449 g/mol. The van der Waals surface area contributed by atoms with E-state index in [2.05, 4.69) is 80.8 Å². The number of hydrogen-bond donors (Lipinski definition) is 1. The van der Waals surface area contributed by atoms with Gasteiger partial charge in [0.2, 0.25) is 5.95 Å². The summed E-state index contributed by atoms with van der Waals surface area (Å²) in [6.45, 7) is 6.05. The fraction of sp³-hybridized carbons (Fsp3) is 0.250. The first-order chi connectivity index (χ1) is 16.8. The van der Waals surface area contributed by atoms with Gasteiger partial charge in [0.15, 0.2) is 0 Å². The Hall–Kier alpha value is -3.93. The lowest BCUT2D eigenvalue weighted by Crippen LogP contribution is -2.31. The Morgan fingerprint density at radius 2 is 1.68 bits per heavy atom. The van der Waals surface area contributed by atoms with Crippen molar-refractivity contribution in [1.82, 2.24) is 24.7 Å². The lowest BCUT2D eigenvalue weighted by Gasteiger charge is -2.27. The Balaban J connectivity index is 1.62. The molecule has 6 rings (SSSR count). The summed E-state index contributed by atoms with van der Waals surface area (Å²) in [4.78, 5) is 14.7. The van der Waals surface area contributed by atoms with Crippen molar-refractivity contribution >= 4 is 16.9 Å². The number of nitrogens with zero attached hydrogens (tertiary/aromatic N) is 5. The summed E-state index contributed by atoms with van der Waals surface area (Å²) in [6.07, 6.45) is 8.44. The van der Waals surface area contributed by atoms with Crippen molar-refractivity contribution in [1.29, 1.82) is 0 Å². The van der Waals surface area contributed by atoms with E-state index in [0.29, 0.717) is 0 Å². The molecule has 2 aromatic carbocycles. The van der Waals surface area contributed by atoms with Gasteiger partial charge in [-0.2, -0.15) is 5.10 Å². The van der Waals surface area contributed by atoms with Crippen molar-refractivity contribution in [2.75, 3.05) is 11.4 Å². The Kier molecular flexibility index (Phi) is 5.13. The van der Waals surface area contributed by atoms with Crippen LogP contribution in [0.1, 0.15) is 36.2 Å². The van der Waals surface area contributed by atoms with Gasteiger partial charge in [-0.3, -0.25) is 0 Å². The Labute approximate surface area is 199 Å². The summed E-state index contributed by atoms with van der Waals surface area (Å²) < 4.78 is 2.24. The lowest BCUT2D eigenvalue weighted by atomic mass is 9.97. The molecule has 0 unspecified atom stereocenters. The number of fused-ring (bicyclic) bond motifs is 2. The van der Waals surface area contributed by atoms with Crippen LogP contribution >= 0.6 is 0 Å². The van der Waals surface area contributed by atoms with Gasteiger partial charge >= 0.3 is 0 Å². The van der Waals surface area contributed by atoms with Crippen molar-refractivity contribution in [3.63, 3.8) is 0 Å². The van der Waals surface area contributed by atoms with Crippen molar-refractivity contribution in [3.8, 4) is 16.9 Å². The Bertz CT molecular complexity index is 1440. The van der Waals surface area contributed by atoms with E-state index < -0.39 is 0 Å². The van der Waals surface area contributed by atoms with E-state index in [1.807, 2.05) is 24.7 Å². The van der Waals surface area contributed by atoms with Crippen molar-refractivity contribution in [3.05, 3.63) is 89.5 Å². The molecule has 1 N–H and O–H groups in total. The second-order valence-electron chi connectivity index (χ2n) is 8.78. The summed E-state index contributed by atoms with van der Waals surface area (Å²) in [7, 11) is 0. The highest BCUT2D eigenvalue weighted by molar-refractivity contribution is 5.95. The number of rotatable bonds is 5. The average Bonchev–Trinajstić information content (AvgIpc) is 3.53. The number of nitrogens with one attached hydrogen (secondary N) is 1. The molecule has 34 heavy (non-hydrogen) atoms. The number of H-pyrrole nitrogens is 1. The maximum Gasteiger partial charge on any atom is 0.225 e. The molecule has 6 nitrogen and oxygen atoms in total. The molecule has 1 aliphatic heterocycles. The summed E-state index contributed by atoms with van der Waals surface area (Å²) >= 11 is 0. The highest BCUT2D eigenvalue weighted by atomic mass is 15.3. The van der Waals surface area contributed by atoms with Gasteiger partial charge in [0.25, 0.3) is 0 Å². The molecule has 4 heterocycles. The fourth-order valence-corrected chi connectivity index (χ4v) is 5.22. The molecule has 0 atom stereocenters. The number of hydrogen-bond acceptors (Lipinski definition) is 4. The third-order valence-corrected chi connectivity index (χ3v) is 6.90. The minimum atomic E-state index is 0.741. The monoisotopic (exact) mass is 448 g/mol. The van der Waals surface area contributed by atoms with Crippen molar-refractivity contribution < 1.29 is 0 Å².